The molecule has 1 fully saturated rings. The van der Waals surface area contributed by atoms with E-state index in [1.165, 1.54) is 6.42 Å². The van der Waals surface area contributed by atoms with Crippen molar-refractivity contribution in [1.82, 2.24) is 15.5 Å². The molecule has 0 saturated carbocycles. The van der Waals surface area contributed by atoms with E-state index in [0.29, 0.717) is 12.5 Å². The average molecular weight is 241 g/mol. The van der Waals surface area contributed by atoms with Crippen LogP contribution in [0.4, 0.5) is 0 Å². The highest BCUT2D eigenvalue weighted by molar-refractivity contribution is 5.82. The van der Waals surface area contributed by atoms with Crippen LogP contribution in [0.25, 0.3) is 0 Å². The first-order valence-electron chi connectivity index (χ1n) is 6.53. The molecule has 1 aliphatic heterocycles. The molecular weight excluding hydrogens is 214 g/mol. The summed E-state index contributed by atoms with van der Waals surface area (Å²) in [5.41, 5.74) is -0.00638. The summed E-state index contributed by atoms with van der Waals surface area (Å²) in [4.78, 5) is 14.2. The van der Waals surface area contributed by atoms with Gasteiger partial charge in [-0.2, -0.15) is 0 Å². The van der Waals surface area contributed by atoms with Gasteiger partial charge in [0.15, 0.2) is 0 Å². The minimum absolute atomic E-state index is 0.00638. The molecule has 1 aliphatic rings. The molecule has 4 heteroatoms. The van der Waals surface area contributed by atoms with Gasteiger partial charge in [-0.3, -0.25) is 4.79 Å². The fourth-order valence-corrected chi connectivity index (χ4v) is 1.97. The van der Waals surface area contributed by atoms with Crippen LogP contribution in [0.15, 0.2) is 0 Å². The third-order valence-corrected chi connectivity index (χ3v) is 3.96. The predicted molar refractivity (Wildman–Crippen MR) is 71.0 cm³/mol. The summed E-state index contributed by atoms with van der Waals surface area (Å²) in [7, 11) is 4.07. The van der Waals surface area contributed by atoms with Gasteiger partial charge < -0.3 is 15.5 Å². The first-order valence-corrected chi connectivity index (χ1v) is 6.53. The Hall–Kier alpha value is -0.610. The van der Waals surface area contributed by atoms with Crippen molar-refractivity contribution >= 4 is 5.91 Å². The molecule has 2 N–H and O–H groups in total. The van der Waals surface area contributed by atoms with Gasteiger partial charge >= 0.3 is 0 Å². The minimum Gasteiger partial charge on any atom is -0.353 e. The van der Waals surface area contributed by atoms with Gasteiger partial charge in [0.2, 0.25) is 5.91 Å². The van der Waals surface area contributed by atoms with Crippen LogP contribution in [0, 0.1) is 5.92 Å². The first-order chi connectivity index (χ1) is 7.84. The first kappa shape index (κ1) is 14.5. The van der Waals surface area contributed by atoms with Gasteiger partial charge in [-0.05, 0) is 53.2 Å². The highest BCUT2D eigenvalue weighted by atomic mass is 16.2. The number of carbonyl (C=O) groups excluding carboxylic acids is 1. The van der Waals surface area contributed by atoms with E-state index in [9.17, 15) is 4.79 Å². The maximum absolute atomic E-state index is 12.1. The molecule has 0 bridgehead atoms. The maximum Gasteiger partial charge on any atom is 0.237 e. The van der Waals surface area contributed by atoms with Crippen LogP contribution in [-0.4, -0.2) is 49.6 Å². The number of piperidine rings is 1. The summed E-state index contributed by atoms with van der Waals surface area (Å²) >= 11 is 0. The Balaban J connectivity index is 2.44. The third kappa shape index (κ3) is 3.96. The molecule has 4 nitrogen and oxygen atoms in total. The number of nitrogens with zero attached hydrogens (tertiary/aromatic N) is 1. The molecule has 2 atom stereocenters. The van der Waals surface area contributed by atoms with E-state index >= 15 is 0 Å². The Bertz CT molecular complexity index is 263. The van der Waals surface area contributed by atoms with Gasteiger partial charge in [0.05, 0.1) is 6.04 Å². The van der Waals surface area contributed by atoms with Crippen molar-refractivity contribution in [2.24, 2.45) is 5.92 Å². The number of hydrogen-bond donors (Lipinski definition) is 2. The van der Waals surface area contributed by atoms with Crippen molar-refractivity contribution in [2.75, 3.05) is 27.2 Å². The number of hydrogen-bond acceptors (Lipinski definition) is 3. The molecule has 0 spiro atoms. The lowest BCUT2D eigenvalue weighted by Gasteiger charge is -2.34. The molecule has 100 valence electrons. The highest BCUT2D eigenvalue weighted by Gasteiger charge is 2.29. The molecule has 1 saturated heterocycles. The van der Waals surface area contributed by atoms with Crippen LogP contribution in [0.3, 0.4) is 0 Å². The predicted octanol–water partition coefficient (Wildman–Crippen LogP) is 0.831. The Morgan fingerprint density at radius 1 is 1.47 bits per heavy atom. The van der Waals surface area contributed by atoms with Crippen LogP contribution in [0.2, 0.25) is 0 Å². The molecule has 1 amide bonds. The number of likely N-dealkylation sites (N-methyl/N-ethyl adjacent to an activating group) is 1. The van der Waals surface area contributed by atoms with Gasteiger partial charge in [0.1, 0.15) is 0 Å². The Morgan fingerprint density at radius 2 is 2.12 bits per heavy atom. The van der Waals surface area contributed by atoms with E-state index in [4.69, 9.17) is 0 Å². The van der Waals surface area contributed by atoms with Gasteiger partial charge in [-0.25, -0.2) is 0 Å². The summed E-state index contributed by atoms with van der Waals surface area (Å²) < 4.78 is 0. The maximum atomic E-state index is 12.1. The SMILES string of the molecule is CC1CCCNC1C(=O)NCC(C)(C)N(C)C. The molecule has 0 radical (unpaired) electrons. The fourth-order valence-electron chi connectivity index (χ4n) is 1.97. The summed E-state index contributed by atoms with van der Waals surface area (Å²) in [5, 5.41) is 6.37. The molecule has 0 aromatic heterocycles. The van der Waals surface area contributed by atoms with E-state index in [2.05, 4.69) is 36.3 Å². The molecular formula is C13H27N3O. The van der Waals surface area contributed by atoms with Gasteiger partial charge in [0.25, 0.3) is 0 Å². The Kier molecular flexibility index (Phi) is 4.95. The summed E-state index contributed by atoms with van der Waals surface area (Å²) in [5.74, 6) is 0.582. The molecule has 0 aromatic rings. The van der Waals surface area contributed by atoms with Crippen molar-refractivity contribution in [1.29, 1.82) is 0 Å². The molecule has 2 unspecified atom stereocenters. The fraction of sp³-hybridized carbons (Fsp3) is 0.923. The van der Waals surface area contributed by atoms with E-state index in [1.54, 1.807) is 0 Å². The van der Waals surface area contributed by atoms with Gasteiger partial charge in [0, 0.05) is 12.1 Å². The van der Waals surface area contributed by atoms with E-state index < -0.39 is 0 Å². The highest BCUT2D eigenvalue weighted by Crippen LogP contribution is 2.16. The number of carbonyl (C=O) groups is 1. The Labute approximate surface area is 105 Å². The largest absolute Gasteiger partial charge is 0.353 e. The monoisotopic (exact) mass is 241 g/mol. The van der Waals surface area contributed by atoms with Crippen LogP contribution >= 0.6 is 0 Å². The van der Waals surface area contributed by atoms with Crippen molar-refractivity contribution in [2.45, 2.75) is 45.2 Å². The van der Waals surface area contributed by atoms with Gasteiger partial charge in [-0.1, -0.05) is 6.92 Å². The second kappa shape index (κ2) is 5.83. The third-order valence-electron chi connectivity index (χ3n) is 3.96. The normalized spacial score (nSPS) is 26.0. The van der Waals surface area contributed by atoms with Crippen molar-refractivity contribution in [3.8, 4) is 0 Å². The molecule has 1 heterocycles. The molecule has 17 heavy (non-hydrogen) atoms. The quantitative estimate of drug-likeness (QED) is 0.766. The zero-order chi connectivity index (χ0) is 13.1. The van der Waals surface area contributed by atoms with Crippen molar-refractivity contribution in [3.05, 3.63) is 0 Å². The lowest BCUT2D eigenvalue weighted by Crippen LogP contribution is -2.55. The molecule has 1 rings (SSSR count). The standard InChI is InChI=1S/C13H27N3O/c1-10-7-6-8-14-11(10)12(17)15-9-13(2,3)16(4)5/h10-11,14H,6-9H2,1-5H3,(H,15,17). The summed E-state index contributed by atoms with van der Waals surface area (Å²) in [6.07, 6.45) is 2.32. The molecule has 0 aromatic carbocycles. The minimum atomic E-state index is -0.0123. The number of rotatable bonds is 4. The van der Waals surface area contributed by atoms with Crippen LogP contribution in [0.5, 0.6) is 0 Å². The van der Waals surface area contributed by atoms with Crippen LogP contribution in [-0.2, 0) is 4.79 Å². The summed E-state index contributed by atoms with van der Waals surface area (Å²) in [6.45, 7) is 8.05. The topological polar surface area (TPSA) is 44.4 Å². The van der Waals surface area contributed by atoms with E-state index in [1.807, 2.05) is 14.1 Å². The zero-order valence-electron chi connectivity index (χ0n) is 11.8. The Morgan fingerprint density at radius 3 is 2.65 bits per heavy atom. The average Bonchev–Trinajstić information content (AvgIpc) is 2.26. The van der Waals surface area contributed by atoms with Crippen LogP contribution in [0.1, 0.15) is 33.6 Å². The number of amides is 1. The van der Waals surface area contributed by atoms with Crippen molar-refractivity contribution in [3.63, 3.8) is 0 Å². The smallest absolute Gasteiger partial charge is 0.237 e. The zero-order valence-corrected chi connectivity index (χ0v) is 11.8. The van der Waals surface area contributed by atoms with Crippen molar-refractivity contribution < 1.29 is 4.79 Å². The lowest BCUT2D eigenvalue weighted by molar-refractivity contribution is -0.125. The van der Waals surface area contributed by atoms with Gasteiger partial charge in [-0.15, -0.1) is 0 Å². The second-order valence-corrected chi connectivity index (χ2v) is 5.98. The van der Waals surface area contributed by atoms with E-state index in [-0.39, 0.29) is 17.5 Å². The lowest BCUT2D eigenvalue weighted by atomic mass is 9.92. The number of nitrogens with one attached hydrogen (secondary N) is 2. The second-order valence-electron chi connectivity index (χ2n) is 5.98. The summed E-state index contributed by atoms with van der Waals surface area (Å²) in [6, 6.07) is -0.0123. The van der Waals surface area contributed by atoms with E-state index in [0.717, 1.165) is 13.0 Å². The van der Waals surface area contributed by atoms with Crippen LogP contribution < -0.4 is 10.6 Å². The molecule has 0 aliphatic carbocycles.